The highest BCUT2D eigenvalue weighted by molar-refractivity contribution is 7.67. The molecule has 1 heterocycles. The molecular weight excluding hydrogens is 192 g/mol. The van der Waals surface area contributed by atoms with Gasteiger partial charge in [0.25, 0.3) is 11.0 Å². The number of hydrogen-bond donors (Lipinski definition) is 2. The minimum Gasteiger partial charge on any atom is -0.397 e. The van der Waals surface area contributed by atoms with Crippen LogP contribution in [0, 0.1) is 0 Å². The summed E-state index contributed by atoms with van der Waals surface area (Å²) in [6.45, 7) is 1.60. The third-order valence-corrected chi connectivity index (χ3v) is 1.96. The second-order valence-electron chi connectivity index (χ2n) is 2.49. The normalized spacial score (nSPS) is 13.1. The largest absolute Gasteiger partial charge is 0.397 e. The summed E-state index contributed by atoms with van der Waals surface area (Å²) in [5.41, 5.74) is 6.47. The Morgan fingerprint density at radius 3 is 2.69 bits per heavy atom. The Balaban J connectivity index is 2.77. The Hall–Kier alpha value is -1.14. The predicted octanol–water partition coefficient (Wildman–Crippen LogP) is 0.268. The topological polar surface area (TPSA) is 82.3 Å². The standard InChI is InChI=1S/C7H10N2O3S/c1-5(12-13(10)11)7-3-2-6(8)4-9-7/h2-5,13H,8H2,1H3. The summed E-state index contributed by atoms with van der Waals surface area (Å²) in [5.74, 6) is 0. The van der Waals surface area contributed by atoms with Gasteiger partial charge < -0.3 is 5.73 Å². The zero-order chi connectivity index (χ0) is 9.84. The third-order valence-electron chi connectivity index (χ3n) is 1.47. The lowest BCUT2D eigenvalue weighted by atomic mass is 10.2. The van der Waals surface area contributed by atoms with Gasteiger partial charge in [0.05, 0.1) is 17.6 Å². The SMILES string of the molecule is CC(O[SH](=O)=O)c1ccc(N)cn1. The Bertz CT molecular complexity index is 339. The van der Waals surface area contributed by atoms with Crippen molar-refractivity contribution in [3.8, 4) is 0 Å². The first-order valence-corrected chi connectivity index (χ1v) is 4.71. The second kappa shape index (κ2) is 4.20. The van der Waals surface area contributed by atoms with Crippen molar-refractivity contribution in [1.29, 1.82) is 0 Å². The van der Waals surface area contributed by atoms with Crippen LogP contribution in [0.2, 0.25) is 0 Å². The van der Waals surface area contributed by atoms with Crippen molar-refractivity contribution in [3.63, 3.8) is 0 Å². The number of anilines is 1. The van der Waals surface area contributed by atoms with Crippen LogP contribution < -0.4 is 5.73 Å². The summed E-state index contributed by atoms with van der Waals surface area (Å²) in [7, 11) is -2.84. The second-order valence-corrected chi connectivity index (χ2v) is 3.15. The van der Waals surface area contributed by atoms with Crippen molar-refractivity contribution in [1.82, 2.24) is 4.98 Å². The van der Waals surface area contributed by atoms with E-state index in [-0.39, 0.29) is 0 Å². The van der Waals surface area contributed by atoms with Crippen LogP contribution in [0.15, 0.2) is 18.3 Å². The first-order valence-electron chi connectivity index (χ1n) is 3.62. The van der Waals surface area contributed by atoms with E-state index < -0.39 is 17.1 Å². The number of nitrogens with zero attached hydrogens (tertiary/aromatic N) is 1. The van der Waals surface area contributed by atoms with Crippen LogP contribution in [0.3, 0.4) is 0 Å². The van der Waals surface area contributed by atoms with E-state index in [0.717, 1.165) is 0 Å². The highest BCUT2D eigenvalue weighted by Crippen LogP contribution is 2.14. The fraction of sp³-hybridized carbons (Fsp3) is 0.286. The van der Waals surface area contributed by atoms with Gasteiger partial charge in [0.15, 0.2) is 0 Å². The number of nitrogen functional groups attached to an aromatic ring is 1. The number of rotatable bonds is 3. The van der Waals surface area contributed by atoms with Gasteiger partial charge in [-0.2, -0.15) is 0 Å². The molecule has 72 valence electrons. The van der Waals surface area contributed by atoms with Crippen molar-refractivity contribution in [2.45, 2.75) is 13.0 Å². The lowest BCUT2D eigenvalue weighted by molar-refractivity contribution is 0.240. The van der Waals surface area contributed by atoms with Crippen molar-refractivity contribution in [3.05, 3.63) is 24.0 Å². The van der Waals surface area contributed by atoms with E-state index in [9.17, 15) is 8.42 Å². The van der Waals surface area contributed by atoms with Crippen LogP contribution in [-0.4, -0.2) is 13.4 Å². The number of aromatic nitrogens is 1. The molecule has 0 aliphatic rings. The molecule has 1 unspecified atom stereocenters. The van der Waals surface area contributed by atoms with Gasteiger partial charge in [-0.15, -0.1) is 0 Å². The van der Waals surface area contributed by atoms with E-state index >= 15 is 0 Å². The summed E-state index contributed by atoms with van der Waals surface area (Å²) in [4.78, 5) is 3.91. The van der Waals surface area contributed by atoms with Crippen molar-refractivity contribution in [2.75, 3.05) is 5.73 Å². The van der Waals surface area contributed by atoms with E-state index in [1.54, 1.807) is 19.1 Å². The van der Waals surface area contributed by atoms with Crippen LogP contribution in [0.1, 0.15) is 18.7 Å². The van der Waals surface area contributed by atoms with Crippen molar-refractivity contribution in [2.24, 2.45) is 0 Å². The number of hydrogen-bond acceptors (Lipinski definition) is 5. The molecule has 0 aromatic carbocycles. The fourth-order valence-corrected chi connectivity index (χ4v) is 1.21. The molecule has 1 aromatic heterocycles. The first-order chi connectivity index (χ1) is 6.09. The van der Waals surface area contributed by atoms with Crippen LogP contribution in [0.25, 0.3) is 0 Å². The fourth-order valence-electron chi connectivity index (χ4n) is 0.840. The van der Waals surface area contributed by atoms with Crippen LogP contribution >= 0.6 is 0 Å². The minimum absolute atomic E-state index is 0.530. The Labute approximate surface area is 77.7 Å². The van der Waals surface area contributed by atoms with Gasteiger partial charge in [0.2, 0.25) is 0 Å². The maximum atomic E-state index is 10.2. The van der Waals surface area contributed by atoms with Gasteiger partial charge >= 0.3 is 0 Å². The molecule has 0 fully saturated rings. The molecule has 5 nitrogen and oxygen atoms in total. The summed E-state index contributed by atoms with van der Waals surface area (Å²) >= 11 is 0. The molecule has 0 radical (unpaired) electrons. The summed E-state index contributed by atoms with van der Waals surface area (Å²) < 4.78 is 25.0. The Morgan fingerprint density at radius 2 is 2.23 bits per heavy atom. The summed E-state index contributed by atoms with van der Waals surface area (Å²) in [6, 6.07) is 3.26. The van der Waals surface area contributed by atoms with Crippen LogP contribution in [0.5, 0.6) is 0 Å². The average molecular weight is 202 g/mol. The monoisotopic (exact) mass is 202 g/mol. The maximum absolute atomic E-state index is 10.2. The van der Waals surface area contributed by atoms with Crippen molar-refractivity contribution < 1.29 is 12.6 Å². The van der Waals surface area contributed by atoms with Gasteiger partial charge in [0.1, 0.15) is 6.10 Å². The van der Waals surface area contributed by atoms with Crippen LogP contribution in [-0.2, 0) is 15.2 Å². The van der Waals surface area contributed by atoms with E-state index in [2.05, 4.69) is 9.17 Å². The molecule has 0 spiro atoms. The van der Waals surface area contributed by atoms with E-state index in [1.807, 2.05) is 0 Å². The zero-order valence-electron chi connectivity index (χ0n) is 7.01. The lowest BCUT2D eigenvalue weighted by Gasteiger charge is -2.06. The molecular formula is C7H10N2O3S. The molecule has 1 aromatic rings. The predicted molar refractivity (Wildman–Crippen MR) is 48.5 cm³/mol. The lowest BCUT2D eigenvalue weighted by Crippen LogP contribution is -2.01. The van der Waals surface area contributed by atoms with Gasteiger partial charge in [-0.3, -0.25) is 9.17 Å². The molecule has 6 heteroatoms. The van der Waals surface area contributed by atoms with Gasteiger partial charge in [-0.25, -0.2) is 8.42 Å². The number of thiol groups is 1. The Kier molecular flexibility index (Phi) is 3.21. The quantitative estimate of drug-likeness (QED) is 0.687. The molecule has 0 saturated carbocycles. The smallest absolute Gasteiger partial charge is 0.257 e. The van der Waals surface area contributed by atoms with Gasteiger partial charge in [0, 0.05) is 0 Å². The van der Waals surface area contributed by atoms with Gasteiger partial charge in [-0.1, -0.05) is 0 Å². The minimum atomic E-state index is -2.84. The maximum Gasteiger partial charge on any atom is 0.257 e. The molecule has 0 aliphatic carbocycles. The van der Waals surface area contributed by atoms with Crippen molar-refractivity contribution >= 4 is 16.7 Å². The molecule has 0 aliphatic heterocycles. The average Bonchev–Trinajstić information content (AvgIpc) is 2.04. The third kappa shape index (κ3) is 3.00. The van der Waals surface area contributed by atoms with Gasteiger partial charge in [-0.05, 0) is 19.1 Å². The molecule has 13 heavy (non-hydrogen) atoms. The highest BCUT2D eigenvalue weighted by Gasteiger charge is 2.07. The molecule has 0 bridgehead atoms. The molecule has 0 amide bonds. The molecule has 0 saturated heterocycles. The highest BCUT2D eigenvalue weighted by atomic mass is 32.2. The Morgan fingerprint density at radius 1 is 1.54 bits per heavy atom. The number of pyridine rings is 1. The molecule has 2 N–H and O–H groups in total. The molecule has 1 rings (SSSR count). The zero-order valence-corrected chi connectivity index (χ0v) is 7.90. The van der Waals surface area contributed by atoms with E-state index in [0.29, 0.717) is 11.4 Å². The van der Waals surface area contributed by atoms with Crippen LogP contribution in [0.4, 0.5) is 5.69 Å². The van der Waals surface area contributed by atoms with E-state index in [1.165, 1.54) is 6.20 Å². The number of nitrogens with two attached hydrogens (primary N) is 1. The molecule has 1 atom stereocenters. The summed E-state index contributed by atoms with van der Waals surface area (Å²) in [5, 5.41) is 0. The van der Waals surface area contributed by atoms with E-state index in [4.69, 9.17) is 5.73 Å². The summed E-state index contributed by atoms with van der Waals surface area (Å²) in [6.07, 6.45) is 0.884. The first kappa shape index (κ1) is 9.94.